The number of aromatic nitrogens is 2. The van der Waals surface area contributed by atoms with Gasteiger partial charge < -0.3 is 10.1 Å². The van der Waals surface area contributed by atoms with Gasteiger partial charge in [0.15, 0.2) is 5.69 Å². The molecule has 1 heterocycles. The van der Waals surface area contributed by atoms with Crippen LogP contribution in [0.2, 0.25) is 0 Å². The van der Waals surface area contributed by atoms with E-state index in [0.29, 0.717) is 17.9 Å². The molecule has 1 N–H and O–H groups in total. The number of aryl methyl sites for hydroxylation is 1. The summed E-state index contributed by atoms with van der Waals surface area (Å²) in [7, 11) is 0. The highest BCUT2D eigenvalue weighted by atomic mass is 16.6. The first-order valence-electron chi connectivity index (χ1n) is 8.11. The van der Waals surface area contributed by atoms with Crippen LogP contribution in [0, 0.1) is 17.0 Å². The summed E-state index contributed by atoms with van der Waals surface area (Å²) in [6.07, 6.45) is 0. The number of hydrogen-bond acceptors (Lipinski definition) is 7. The number of carbonyl (C=O) groups excluding carboxylic acids is 1. The zero-order chi connectivity index (χ0) is 19.4. The highest BCUT2D eigenvalue weighted by molar-refractivity contribution is 6.05. The molecular formula is C18H16N4O5. The number of nitrogens with one attached hydrogen (secondary N) is 1. The minimum atomic E-state index is -0.532. The van der Waals surface area contributed by atoms with Crippen LogP contribution in [-0.2, 0) is 0 Å². The first-order valence-corrected chi connectivity index (χ1v) is 8.11. The minimum absolute atomic E-state index is 0.0970. The van der Waals surface area contributed by atoms with Crippen LogP contribution in [0.25, 0.3) is 11.3 Å². The van der Waals surface area contributed by atoms with Crippen molar-refractivity contribution in [1.82, 2.24) is 10.3 Å². The third-order valence-corrected chi connectivity index (χ3v) is 3.81. The number of rotatable bonds is 6. The smallest absolute Gasteiger partial charge is 0.269 e. The fourth-order valence-corrected chi connectivity index (χ4v) is 2.49. The predicted octanol–water partition coefficient (Wildman–Crippen LogP) is 3.60. The molecule has 0 aliphatic carbocycles. The Bertz CT molecular complexity index is 982. The van der Waals surface area contributed by atoms with Gasteiger partial charge in [-0.2, -0.15) is 0 Å². The molecule has 2 aromatic carbocycles. The van der Waals surface area contributed by atoms with Gasteiger partial charge >= 0.3 is 0 Å². The number of amides is 1. The Kier molecular flexibility index (Phi) is 5.11. The largest absolute Gasteiger partial charge is 0.494 e. The van der Waals surface area contributed by atoms with E-state index in [1.807, 2.05) is 26.0 Å². The average molecular weight is 368 g/mol. The molecule has 9 nitrogen and oxygen atoms in total. The lowest BCUT2D eigenvalue weighted by molar-refractivity contribution is -0.384. The lowest BCUT2D eigenvalue weighted by Gasteiger charge is -2.08. The molecule has 0 fully saturated rings. The van der Waals surface area contributed by atoms with E-state index in [-0.39, 0.29) is 17.1 Å². The van der Waals surface area contributed by atoms with E-state index in [0.717, 1.165) is 11.3 Å². The number of hydrogen-bond donors (Lipinski definition) is 1. The molecule has 9 heteroatoms. The van der Waals surface area contributed by atoms with Crippen molar-refractivity contribution in [2.45, 2.75) is 13.8 Å². The monoisotopic (exact) mass is 368 g/mol. The van der Waals surface area contributed by atoms with Crippen LogP contribution in [0.4, 0.5) is 11.5 Å². The summed E-state index contributed by atoms with van der Waals surface area (Å²) in [6, 6.07) is 10.7. The van der Waals surface area contributed by atoms with Crippen molar-refractivity contribution >= 4 is 17.4 Å². The molecule has 0 unspecified atom stereocenters. The topological polar surface area (TPSA) is 120 Å². The quantitative estimate of drug-likeness (QED) is 0.521. The fraction of sp³-hybridized carbons (Fsp3) is 0.167. The summed E-state index contributed by atoms with van der Waals surface area (Å²) >= 11 is 0. The van der Waals surface area contributed by atoms with Gasteiger partial charge in [0.2, 0.25) is 5.82 Å². The van der Waals surface area contributed by atoms with Crippen molar-refractivity contribution in [3.63, 3.8) is 0 Å². The molecule has 0 bridgehead atoms. The fourth-order valence-electron chi connectivity index (χ4n) is 2.49. The number of nitrogens with zero attached hydrogens (tertiary/aromatic N) is 3. The van der Waals surface area contributed by atoms with Crippen LogP contribution in [-0.4, -0.2) is 27.8 Å². The van der Waals surface area contributed by atoms with Crippen LogP contribution in [0.3, 0.4) is 0 Å². The normalized spacial score (nSPS) is 10.4. The van der Waals surface area contributed by atoms with E-state index >= 15 is 0 Å². The molecule has 138 valence electrons. The first-order chi connectivity index (χ1) is 13.0. The van der Waals surface area contributed by atoms with Crippen molar-refractivity contribution < 1.29 is 19.1 Å². The van der Waals surface area contributed by atoms with E-state index in [1.165, 1.54) is 24.3 Å². The molecule has 1 amide bonds. The third-order valence-electron chi connectivity index (χ3n) is 3.81. The molecule has 1 aromatic heterocycles. The van der Waals surface area contributed by atoms with Crippen LogP contribution >= 0.6 is 0 Å². The highest BCUT2D eigenvalue weighted by Gasteiger charge is 2.17. The second kappa shape index (κ2) is 7.65. The van der Waals surface area contributed by atoms with Crippen LogP contribution in [0.1, 0.15) is 22.8 Å². The number of benzene rings is 2. The maximum atomic E-state index is 12.4. The third kappa shape index (κ3) is 3.92. The number of non-ortho nitro benzene ring substituents is 1. The predicted molar refractivity (Wildman–Crippen MR) is 96.7 cm³/mol. The van der Waals surface area contributed by atoms with Gasteiger partial charge in [-0.3, -0.25) is 14.9 Å². The molecule has 0 radical (unpaired) electrons. The zero-order valence-corrected chi connectivity index (χ0v) is 14.6. The summed E-state index contributed by atoms with van der Waals surface area (Å²) in [5, 5.41) is 20.9. The SMILES string of the molecule is CCOc1ccc(-c2nonc2NC(=O)c2ccc([N+](=O)[O-])cc2)cc1C. The van der Waals surface area contributed by atoms with E-state index in [2.05, 4.69) is 15.6 Å². The second-order valence-corrected chi connectivity index (χ2v) is 5.63. The van der Waals surface area contributed by atoms with Gasteiger partial charge in [0.1, 0.15) is 5.75 Å². The minimum Gasteiger partial charge on any atom is -0.494 e. The van der Waals surface area contributed by atoms with Crippen LogP contribution in [0.5, 0.6) is 5.75 Å². The maximum Gasteiger partial charge on any atom is 0.269 e. The molecule has 3 aromatic rings. The molecule has 0 aliphatic rings. The Morgan fingerprint density at radius 3 is 2.59 bits per heavy atom. The van der Waals surface area contributed by atoms with Gasteiger partial charge in [-0.15, -0.1) is 0 Å². The summed E-state index contributed by atoms with van der Waals surface area (Å²) in [5.74, 6) is 0.431. The summed E-state index contributed by atoms with van der Waals surface area (Å²) in [4.78, 5) is 22.5. The molecule has 0 aliphatic heterocycles. The number of nitro groups is 1. The van der Waals surface area contributed by atoms with Crippen molar-refractivity contribution in [2.75, 3.05) is 11.9 Å². The molecule has 0 atom stereocenters. The molecule has 27 heavy (non-hydrogen) atoms. The molecule has 0 saturated heterocycles. The van der Waals surface area contributed by atoms with Gasteiger partial charge in [-0.05, 0) is 60.1 Å². The van der Waals surface area contributed by atoms with Crippen LogP contribution in [0.15, 0.2) is 47.1 Å². The Hall–Kier alpha value is -3.75. The van der Waals surface area contributed by atoms with Gasteiger partial charge in [0, 0.05) is 23.3 Å². The maximum absolute atomic E-state index is 12.4. The Morgan fingerprint density at radius 2 is 1.96 bits per heavy atom. The van der Waals surface area contributed by atoms with E-state index in [4.69, 9.17) is 9.37 Å². The van der Waals surface area contributed by atoms with Gasteiger partial charge in [0.05, 0.1) is 11.5 Å². The van der Waals surface area contributed by atoms with E-state index < -0.39 is 10.8 Å². The lowest BCUT2D eigenvalue weighted by atomic mass is 10.1. The number of carbonyl (C=O) groups is 1. The number of ether oxygens (including phenoxy) is 1. The number of anilines is 1. The molecule has 3 rings (SSSR count). The highest BCUT2D eigenvalue weighted by Crippen LogP contribution is 2.29. The molecular weight excluding hydrogens is 352 g/mol. The number of nitro benzene ring substituents is 1. The summed E-state index contributed by atoms with van der Waals surface area (Å²) in [6.45, 7) is 4.36. The average Bonchev–Trinajstić information content (AvgIpc) is 3.11. The Balaban J connectivity index is 1.81. The Morgan fingerprint density at radius 1 is 1.22 bits per heavy atom. The standard InChI is InChI=1S/C18H16N4O5/c1-3-26-15-9-6-13(10-11(15)2)16-17(21-27-20-16)19-18(23)12-4-7-14(8-5-12)22(24)25/h4-10H,3H2,1-2H3,(H,19,21,23). The van der Waals surface area contributed by atoms with Crippen LogP contribution < -0.4 is 10.1 Å². The van der Waals surface area contributed by atoms with Crippen molar-refractivity contribution in [1.29, 1.82) is 0 Å². The van der Waals surface area contributed by atoms with Gasteiger partial charge in [-0.25, -0.2) is 4.63 Å². The summed E-state index contributed by atoms with van der Waals surface area (Å²) in [5.41, 5.74) is 2.13. The second-order valence-electron chi connectivity index (χ2n) is 5.63. The zero-order valence-electron chi connectivity index (χ0n) is 14.6. The summed E-state index contributed by atoms with van der Waals surface area (Å²) < 4.78 is 10.3. The van der Waals surface area contributed by atoms with E-state index in [1.54, 1.807) is 6.07 Å². The first kappa shape index (κ1) is 18.1. The van der Waals surface area contributed by atoms with Crippen molar-refractivity contribution in [2.24, 2.45) is 0 Å². The molecule has 0 spiro atoms. The Labute approximate surface area is 154 Å². The van der Waals surface area contributed by atoms with Crippen molar-refractivity contribution in [3.8, 4) is 17.0 Å². The van der Waals surface area contributed by atoms with E-state index in [9.17, 15) is 14.9 Å². The lowest BCUT2D eigenvalue weighted by Crippen LogP contribution is -2.12. The van der Waals surface area contributed by atoms with Crippen molar-refractivity contribution in [3.05, 3.63) is 63.7 Å². The van der Waals surface area contributed by atoms with Gasteiger partial charge in [0.25, 0.3) is 11.6 Å². The van der Waals surface area contributed by atoms with Gasteiger partial charge in [-0.1, -0.05) is 0 Å². The molecule has 0 saturated carbocycles.